The van der Waals surface area contributed by atoms with Crippen LogP contribution < -0.4 is 14.4 Å². The third-order valence-corrected chi connectivity index (χ3v) is 6.96. The fourth-order valence-corrected chi connectivity index (χ4v) is 4.90. The van der Waals surface area contributed by atoms with Gasteiger partial charge in [0.2, 0.25) is 5.91 Å². The van der Waals surface area contributed by atoms with Crippen LogP contribution in [0, 0.1) is 0 Å². The highest BCUT2D eigenvalue weighted by Crippen LogP contribution is 2.25. The minimum absolute atomic E-state index is 0.0979. The molecule has 6 nitrogen and oxygen atoms in total. The summed E-state index contributed by atoms with van der Waals surface area (Å²) >= 11 is 0. The van der Waals surface area contributed by atoms with Gasteiger partial charge in [-0.05, 0) is 68.7 Å². The summed E-state index contributed by atoms with van der Waals surface area (Å²) in [5.41, 5.74) is 1.59. The van der Waals surface area contributed by atoms with Crippen LogP contribution in [0.25, 0.3) is 0 Å². The first-order valence-corrected chi connectivity index (χ1v) is 12.5. The number of aryl methyl sites for hydroxylation is 1. The quantitative estimate of drug-likeness (QED) is 0.454. The zero-order chi connectivity index (χ0) is 23.7. The maximum atomic E-state index is 13.4. The van der Waals surface area contributed by atoms with Gasteiger partial charge in [-0.3, -0.25) is 9.10 Å². The lowest BCUT2D eigenvalue weighted by Gasteiger charge is -2.25. The number of nitrogens with one attached hydrogen (secondary N) is 1. The molecule has 174 valence electrons. The van der Waals surface area contributed by atoms with Gasteiger partial charge >= 0.3 is 0 Å². The van der Waals surface area contributed by atoms with Crippen LogP contribution in [0.3, 0.4) is 0 Å². The Balaban J connectivity index is 1.75. The van der Waals surface area contributed by atoms with Crippen molar-refractivity contribution in [2.75, 3.05) is 17.5 Å². The Labute approximate surface area is 196 Å². The fourth-order valence-electron chi connectivity index (χ4n) is 3.46. The predicted molar refractivity (Wildman–Crippen MR) is 131 cm³/mol. The number of benzene rings is 3. The number of rotatable bonds is 11. The molecule has 0 aliphatic heterocycles. The van der Waals surface area contributed by atoms with E-state index in [1.807, 2.05) is 32.0 Å². The van der Waals surface area contributed by atoms with Gasteiger partial charge in [0.1, 0.15) is 12.3 Å². The summed E-state index contributed by atoms with van der Waals surface area (Å²) < 4.78 is 33.4. The zero-order valence-corrected chi connectivity index (χ0v) is 19.8. The molecular formula is C26H30N2O4S. The molecular weight excluding hydrogens is 436 g/mol. The Morgan fingerprint density at radius 3 is 2.15 bits per heavy atom. The molecule has 3 aromatic rings. The van der Waals surface area contributed by atoms with Crippen LogP contribution in [0.2, 0.25) is 0 Å². The summed E-state index contributed by atoms with van der Waals surface area (Å²) in [6.45, 7) is 3.99. The van der Waals surface area contributed by atoms with E-state index in [2.05, 4.69) is 17.4 Å². The molecule has 0 spiro atoms. The van der Waals surface area contributed by atoms with Crippen LogP contribution >= 0.6 is 0 Å². The Hall–Kier alpha value is -3.32. The zero-order valence-electron chi connectivity index (χ0n) is 19.0. The van der Waals surface area contributed by atoms with Crippen molar-refractivity contribution in [1.29, 1.82) is 0 Å². The van der Waals surface area contributed by atoms with Crippen molar-refractivity contribution in [3.63, 3.8) is 0 Å². The van der Waals surface area contributed by atoms with Gasteiger partial charge in [0.05, 0.1) is 17.2 Å². The second-order valence-electron chi connectivity index (χ2n) is 7.74. The number of carbonyl (C=O) groups is 1. The molecule has 0 heterocycles. The fraction of sp³-hybridized carbons (Fsp3) is 0.269. The standard InChI is InChI=1S/C26H30N2O4S/c1-3-32-24-18-16-23(17-19-24)28(33(30,31)25-12-8-5-9-13-25)20-26(29)27-21(2)14-15-22-10-6-4-7-11-22/h4-13,16-19,21H,3,14-15,20H2,1-2H3,(H,27,29)/t21-/m0/s1. The summed E-state index contributed by atoms with van der Waals surface area (Å²) in [5.74, 6) is 0.279. The van der Waals surface area contributed by atoms with E-state index in [-0.39, 0.29) is 23.4 Å². The highest BCUT2D eigenvalue weighted by Gasteiger charge is 2.27. The first kappa shape index (κ1) is 24.3. The maximum Gasteiger partial charge on any atom is 0.264 e. The number of nitrogens with zero attached hydrogens (tertiary/aromatic N) is 1. The second kappa shape index (κ2) is 11.5. The topological polar surface area (TPSA) is 75.7 Å². The van der Waals surface area contributed by atoms with Crippen LogP contribution in [0.5, 0.6) is 5.75 Å². The van der Waals surface area contributed by atoms with Gasteiger partial charge in [-0.1, -0.05) is 48.5 Å². The van der Waals surface area contributed by atoms with Gasteiger partial charge < -0.3 is 10.1 Å². The van der Waals surface area contributed by atoms with Crippen molar-refractivity contribution >= 4 is 21.6 Å². The summed E-state index contributed by atoms with van der Waals surface area (Å²) in [6.07, 6.45) is 1.58. The first-order chi connectivity index (χ1) is 15.9. The Bertz CT molecular complexity index is 1120. The molecule has 7 heteroatoms. The van der Waals surface area contributed by atoms with Crippen LogP contribution in [0.4, 0.5) is 5.69 Å². The smallest absolute Gasteiger partial charge is 0.264 e. The molecule has 0 saturated carbocycles. The average Bonchev–Trinajstić information content (AvgIpc) is 2.83. The van der Waals surface area contributed by atoms with E-state index in [1.54, 1.807) is 42.5 Å². The van der Waals surface area contributed by atoms with E-state index >= 15 is 0 Å². The van der Waals surface area contributed by atoms with Gasteiger partial charge in [0.15, 0.2) is 0 Å². The monoisotopic (exact) mass is 466 g/mol. The highest BCUT2D eigenvalue weighted by molar-refractivity contribution is 7.92. The number of hydrogen-bond acceptors (Lipinski definition) is 4. The number of carbonyl (C=O) groups excluding carboxylic acids is 1. The van der Waals surface area contributed by atoms with Crippen molar-refractivity contribution in [2.24, 2.45) is 0 Å². The summed E-state index contributed by atoms with van der Waals surface area (Å²) in [6, 6.07) is 24.8. The number of ether oxygens (including phenoxy) is 1. The molecule has 0 aliphatic rings. The predicted octanol–water partition coefficient (Wildman–Crippen LogP) is 4.42. The third kappa shape index (κ3) is 6.83. The molecule has 0 bridgehead atoms. The van der Waals surface area contributed by atoms with Gasteiger partial charge in [0.25, 0.3) is 10.0 Å². The molecule has 3 rings (SSSR count). The Kier molecular flexibility index (Phi) is 8.49. The van der Waals surface area contributed by atoms with E-state index in [0.29, 0.717) is 18.0 Å². The van der Waals surface area contributed by atoms with E-state index in [0.717, 1.165) is 17.1 Å². The molecule has 0 saturated heterocycles. The molecule has 0 fully saturated rings. The molecule has 0 aromatic heterocycles. The van der Waals surface area contributed by atoms with Crippen LogP contribution in [0.15, 0.2) is 89.8 Å². The SMILES string of the molecule is CCOc1ccc(N(CC(=O)N[C@@H](C)CCc2ccccc2)S(=O)(=O)c2ccccc2)cc1. The van der Waals surface area contributed by atoms with Gasteiger partial charge in [0, 0.05) is 6.04 Å². The van der Waals surface area contributed by atoms with E-state index < -0.39 is 10.0 Å². The number of amides is 1. The molecule has 0 aliphatic carbocycles. The van der Waals surface area contributed by atoms with Gasteiger partial charge in [-0.25, -0.2) is 8.42 Å². The minimum atomic E-state index is -3.93. The lowest BCUT2D eigenvalue weighted by molar-refractivity contribution is -0.120. The molecule has 1 atom stereocenters. The first-order valence-electron chi connectivity index (χ1n) is 11.0. The van der Waals surface area contributed by atoms with Gasteiger partial charge in [-0.15, -0.1) is 0 Å². The van der Waals surface area contributed by atoms with Crippen molar-refractivity contribution in [3.05, 3.63) is 90.5 Å². The van der Waals surface area contributed by atoms with Crippen LogP contribution in [0.1, 0.15) is 25.8 Å². The highest BCUT2D eigenvalue weighted by atomic mass is 32.2. The molecule has 1 N–H and O–H groups in total. The molecule has 33 heavy (non-hydrogen) atoms. The average molecular weight is 467 g/mol. The lowest BCUT2D eigenvalue weighted by Crippen LogP contribution is -2.43. The lowest BCUT2D eigenvalue weighted by atomic mass is 10.1. The number of hydrogen-bond donors (Lipinski definition) is 1. The van der Waals surface area contributed by atoms with Crippen molar-refractivity contribution in [2.45, 2.75) is 37.6 Å². The van der Waals surface area contributed by atoms with E-state index in [9.17, 15) is 13.2 Å². The van der Waals surface area contributed by atoms with Crippen LogP contribution in [-0.4, -0.2) is 33.5 Å². The minimum Gasteiger partial charge on any atom is -0.494 e. The molecule has 3 aromatic carbocycles. The summed E-state index contributed by atoms with van der Waals surface area (Å²) in [7, 11) is -3.93. The maximum absolute atomic E-state index is 13.4. The van der Waals surface area contributed by atoms with Crippen LogP contribution in [-0.2, 0) is 21.2 Å². The third-order valence-electron chi connectivity index (χ3n) is 5.17. The number of sulfonamides is 1. The van der Waals surface area contributed by atoms with Crippen molar-refractivity contribution in [1.82, 2.24) is 5.32 Å². The summed E-state index contributed by atoms with van der Waals surface area (Å²) in [4.78, 5) is 13.0. The van der Waals surface area contributed by atoms with Crippen molar-refractivity contribution in [3.8, 4) is 5.75 Å². The van der Waals surface area contributed by atoms with E-state index in [1.165, 1.54) is 17.7 Å². The van der Waals surface area contributed by atoms with E-state index in [4.69, 9.17) is 4.74 Å². The van der Waals surface area contributed by atoms with Crippen molar-refractivity contribution < 1.29 is 17.9 Å². The number of anilines is 1. The normalized spacial score (nSPS) is 12.1. The Morgan fingerprint density at radius 2 is 1.55 bits per heavy atom. The molecule has 0 unspecified atom stereocenters. The molecule has 0 radical (unpaired) electrons. The summed E-state index contributed by atoms with van der Waals surface area (Å²) in [5, 5.41) is 2.94. The van der Waals surface area contributed by atoms with Gasteiger partial charge in [-0.2, -0.15) is 0 Å². The Morgan fingerprint density at radius 1 is 0.939 bits per heavy atom. The second-order valence-corrected chi connectivity index (χ2v) is 9.61. The largest absolute Gasteiger partial charge is 0.494 e. The molecule has 1 amide bonds.